The van der Waals surface area contributed by atoms with E-state index in [1.165, 1.54) is 0 Å². The van der Waals surface area contributed by atoms with Crippen molar-refractivity contribution in [2.45, 2.75) is 31.9 Å². The summed E-state index contributed by atoms with van der Waals surface area (Å²) in [5, 5.41) is 12.6. The quantitative estimate of drug-likeness (QED) is 0.822. The van der Waals surface area contributed by atoms with Gasteiger partial charge in [-0.2, -0.15) is 0 Å². The molecule has 0 radical (unpaired) electrons. The van der Waals surface area contributed by atoms with E-state index in [1.807, 2.05) is 24.3 Å². The molecule has 3 heteroatoms. The van der Waals surface area contributed by atoms with E-state index in [1.54, 1.807) is 0 Å². The first-order valence-electron chi connectivity index (χ1n) is 5.92. The first kappa shape index (κ1) is 11.4. The number of hydrogen-bond donors (Lipinski definition) is 2. The number of aliphatic hydroxyl groups is 1. The molecule has 3 nitrogen and oxygen atoms in total. The first-order chi connectivity index (χ1) is 7.88. The summed E-state index contributed by atoms with van der Waals surface area (Å²) in [6.45, 7) is 1.83. The van der Waals surface area contributed by atoms with Gasteiger partial charge in [0.05, 0.1) is 6.61 Å². The Labute approximate surface area is 96.4 Å². The molecule has 0 aliphatic carbocycles. The maximum Gasteiger partial charge on any atom is 0.0682 e. The van der Waals surface area contributed by atoms with Gasteiger partial charge in [-0.1, -0.05) is 12.1 Å². The SMILES string of the molecule is OCc1cccc(NC2CCCOCC2)c1. The van der Waals surface area contributed by atoms with Gasteiger partial charge in [0, 0.05) is 24.9 Å². The number of aliphatic hydroxyl groups excluding tert-OH is 1. The lowest BCUT2D eigenvalue weighted by atomic mass is 10.1. The van der Waals surface area contributed by atoms with Crippen molar-refractivity contribution < 1.29 is 9.84 Å². The predicted molar refractivity (Wildman–Crippen MR) is 64.4 cm³/mol. The minimum Gasteiger partial charge on any atom is -0.392 e. The molecule has 0 spiro atoms. The summed E-state index contributed by atoms with van der Waals surface area (Å²) in [6, 6.07) is 8.45. The molecule has 1 saturated heterocycles. The van der Waals surface area contributed by atoms with Crippen LogP contribution in [0.4, 0.5) is 5.69 Å². The fourth-order valence-corrected chi connectivity index (χ4v) is 2.04. The van der Waals surface area contributed by atoms with E-state index in [0.29, 0.717) is 6.04 Å². The van der Waals surface area contributed by atoms with Crippen molar-refractivity contribution in [2.24, 2.45) is 0 Å². The van der Waals surface area contributed by atoms with Gasteiger partial charge in [0.15, 0.2) is 0 Å². The Bertz CT molecular complexity index is 319. The number of benzene rings is 1. The topological polar surface area (TPSA) is 41.5 Å². The summed E-state index contributed by atoms with van der Waals surface area (Å²) >= 11 is 0. The van der Waals surface area contributed by atoms with Crippen molar-refractivity contribution in [3.63, 3.8) is 0 Å². The van der Waals surface area contributed by atoms with E-state index >= 15 is 0 Å². The number of nitrogens with one attached hydrogen (secondary N) is 1. The van der Waals surface area contributed by atoms with Crippen molar-refractivity contribution >= 4 is 5.69 Å². The number of hydrogen-bond acceptors (Lipinski definition) is 3. The summed E-state index contributed by atoms with van der Waals surface area (Å²) in [7, 11) is 0. The van der Waals surface area contributed by atoms with Crippen molar-refractivity contribution in [3.05, 3.63) is 29.8 Å². The van der Waals surface area contributed by atoms with E-state index in [-0.39, 0.29) is 6.61 Å². The lowest BCUT2D eigenvalue weighted by molar-refractivity contribution is 0.144. The molecule has 0 saturated carbocycles. The van der Waals surface area contributed by atoms with E-state index in [0.717, 1.165) is 43.7 Å². The van der Waals surface area contributed by atoms with E-state index < -0.39 is 0 Å². The van der Waals surface area contributed by atoms with Crippen molar-refractivity contribution in [1.82, 2.24) is 0 Å². The monoisotopic (exact) mass is 221 g/mol. The van der Waals surface area contributed by atoms with Crippen LogP contribution >= 0.6 is 0 Å². The number of rotatable bonds is 3. The largest absolute Gasteiger partial charge is 0.392 e. The molecule has 2 rings (SSSR count). The van der Waals surface area contributed by atoms with Crippen LogP contribution in [0.1, 0.15) is 24.8 Å². The standard InChI is InChI=1S/C13H19NO2/c15-10-11-3-1-4-13(9-11)14-12-5-2-7-16-8-6-12/h1,3-4,9,12,14-15H,2,5-8,10H2. The molecule has 16 heavy (non-hydrogen) atoms. The Hall–Kier alpha value is -1.06. The Morgan fingerprint density at radius 3 is 3.12 bits per heavy atom. The smallest absolute Gasteiger partial charge is 0.0682 e. The summed E-state index contributed by atoms with van der Waals surface area (Å²) in [5.41, 5.74) is 2.05. The summed E-state index contributed by atoms with van der Waals surface area (Å²) in [5.74, 6) is 0. The Morgan fingerprint density at radius 1 is 1.31 bits per heavy atom. The minimum absolute atomic E-state index is 0.100. The highest BCUT2D eigenvalue weighted by atomic mass is 16.5. The third kappa shape index (κ3) is 3.22. The molecular formula is C13H19NO2. The maximum absolute atomic E-state index is 9.07. The van der Waals surface area contributed by atoms with Crippen molar-refractivity contribution in [3.8, 4) is 0 Å². The molecule has 0 aromatic heterocycles. The number of ether oxygens (including phenoxy) is 1. The molecule has 1 unspecified atom stereocenters. The molecular weight excluding hydrogens is 202 g/mol. The van der Waals surface area contributed by atoms with Gasteiger partial charge in [-0.25, -0.2) is 0 Å². The third-order valence-corrected chi connectivity index (χ3v) is 2.93. The van der Waals surface area contributed by atoms with Crippen molar-refractivity contribution in [2.75, 3.05) is 18.5 Å². The highest BCUT2D eigenvalue weighted by molar-refractivity contribution is 5.46. The zero-order valence-corrected chi connectivity index (χ0v) is 9.48. The fraction of sp³-hybridized carbons (Fsp3) is 0.538. The van der Waals surface area contributed by atoms with Gasteiger partial charge in [0.2, 0.25) is 0 Å². The van der Waals surface area contributed by atoms with Gasteiger partial charge in [-0.05, 0) is 37.0 Å². The molecule has 1 fully saturated rings. The summed E-state index contributed by atoms with van der Waals surface area (Å²) in [4.78, 5) is 0. The van der Waals surface area contributed by atoms with Crippen LogP contribution in [0.25, 0.3) is 0 Å². The van der Waals surface area contributed by atoms with E-state index in [4.69, 9.17) is 9.84 Å². The predicted octanol–water partition coefficient (Wildman–Crippen LogP) is 2.16. The molecule has 1 heterocycles. The van der Waals surface area contributed by atoms with Crippen LogP contribution in [0, 0.1) is 0 Å². The minimum atomic E-state index is 0.100. The lowest BCUT2D eigenvalue weighted by Gasteiger charge is -2.17. The summed E-state index contributed by atoms with van der Waals surface area (Å²) in [6.07, 6.45) is 3.34. The molecule has 1 aliphatic rings. The fourth-order valence-electron chi connectivity index (χ4n) is 2.04. The third-order valence-electron chi connectivity index (χ3n) is 2.93. The molecule has 1 aromatic carbocycles. The average Bonchev–Trinajstić information content (AvgIpc) is 2.58. The van der Waals surface area contributed by atoms with Crippen LogP contribution in [0.5, 0.6) is 0 Å². The first-order valence-corrected chi connectivity index (χ1v) is 5.92. The van der Waals surface area contributed by atoms with Gasteiger partial charge < -0.3 is 15.2 Å². The average molecular weight is 221 g/mol. The molecule has 1 atom stereocenters. The summed E-state index contributed by atoms with van der Waals surface area (Å²) < 4.78 is 5.43. The molecule has 1 aromatic rings. The lowest BCUT2D eigenvalue weighted by Crippen LogP contribution is -2.19. The molecule has 0 bridgehead atoms. The highest BCUT2D eigenvalue weighted by Crippen LogP contribution is 2.17. The molecule has 1 aliphatic heterocycles. The second-order valence-corrected chi connectivity index (χ2v) is 4.24. The Kier molecular flexibility index (Phi) is 4.19. The van der Waals surface area contributed by atoms with Gasteiger partial charge in [-0.15, -0.1) is 0 Å². The second kappa shape index (κ2) is 5.87. The Morgan fingerprint density at radius 2 is 2.25 bits per heavy atom. The van der Waals surface area contributed by atoms with Gasteiger partial charge >= 0.3 is 0 Å². The second-order valence-electron chi connectivity index (χ2n) is 4.24. The normalized spacial score (nSPS) is 21.4. The highest BCUT2D eigenvalue weighted by Gasteiger charge is 2.11. The van der Waals surface area contributed by atoms with Gasteiger partial charge in [0.1, 0.15) is 0 Å². The molecule has 88 valence electrons. The molecule has 0 amide bonds. The zero-order valence-electron chi connectivity index (χ0n) is 9.48. The number of anilines is 1. The maximum atomic E-state index is 9.07. The van der Waals surface area contributed by atoms with Gasteiger partial charge in [0.25, 0.3) is 0 Å². The molecule has 2 N–H and O–H groups in total. The van der Waals surface area contributed by atoms with Crippen LogP contribution in [-0.2, 0) is 11.3 Å². The van der Waals surface area contributed by atoms with E-state index in [2.05, 4.69) is 5.32 Å². The van der Waals surface area contributed by atoms with E-state index in [9.17, 15) is 0 Å². The van der Waals surface area contributed by atoms with Crippen LogP contribution in [0.2, 0.25) is 0 Å². The Balaban J connectivity index is 1.96. The van der Waals surface area contributed by atoms with Crippen LogP contribution in [0.15, 0.2) is 24.3 Å². The van der Waals surface area contributed by atoms with Crippen LogP contribution in [-0.4, -0.2) is 24.4 Å². The van der Waals surface area contributed by atoms with Crippen LogP contribution in [0.3, 0.4) is 0 Å². The van der Waals surface area contributed by atoms with Gasteiger partial charge in [-0.3, -0.25) is 0 Å². The zero-order chi connectivity index (χ0) is 11.2. The van der Waals surface area contributed by atoms with Crippen molar-refractivity contribution in [1.29, 1.82) is 0 Å². The van der Waals surface area contributed by atoms with Crippen LogP contribution < -0.4 is 5.32 Å².